The third-order valence-corrected chi connectivity index (χ3v) is 13.4. The van der Waals surface area contributed by atoms with Gasteiger partial charge < -0.3 is 24.8 Å². The largest absolute Gasteiger partial charge is 0.495 e. The molecule has 1 saturated carbocycles. The fourth-order valence-corrected chi connectivity index (χ4v) is 9.79. The van der Waals surface area contributed by atoms with Gasteiger partial charge in [0.15, 0.2) is 5.82 Å². The van der Waals surface area contributed by atoms with Gasteiger partial charge >= 0.3 is 5.92 Å². The van der Waals surface area contributed by atoms with Crippen LogP contribution in [0.1, 0.15) is 82.4 Å². The van der Waals surface area contributed by atoms with Crippen LogP contribution >= 0.6 is 0 Å². The highest BCUT2D eigenvalue weighted by molar-refractivity contribution is 6.23. The van der Waals surface area contributed by atoms with E-state index in [-0.39, 0.29) is 53.4 Å². The molecule has 6 aliphatic rings. The van der Waals surface area contributed by atoms with E-state index in [1.54, 1.807) is 35.2 Å². The SMILES string of the molecule is COc1cc(C(=O)NN2CCC(CCN3CCN(c4ccc5c(c4)C(=O)N(C4CCC(=O)NC4=O)C5=O)CC3)C2)ccc1Nc1ncc2c(n1)N(C1CCCC1)CC(F)(F)C(=O)N2C. The molecule has 4 fully saturated rings. The van der Waals surface area contributed by atoms with E-state index in [4.69, 9.17) is 4.74 Å². The molecule has 2 aromatic carbocycles. The van der Waals surface area contributed by atoms with E-state index in [1.165, 1.54) is 20.4 Å². The minimum absolute atomic E-state index is 0.0687. The summed E-state index contributed by atoms with van der Waals surface area (Å²) >= 11 is 0. The van der Waals surface area contributed by atoms with Crippen LogP contribution in [0.15, 0.2) is 42.6 Å². The van der Waals surface area contributed by atoms with E-state index in [2.05, 4.69) is 35.8 Å². The molecule has 0 bridgehead atoms. The van der Waals surface area contributed by atoms with E-state index < -0.39 is 48.0 Å². The maximum absolute atomic E-state index is 15.1. The van der Waals surface area contributed by atoms with Crippen molar-refractivity contribution in [2.75, 3.05) is 86.5 Å². The number of methoxy groups -OCH3 is 1. The number of amides is 6. The summed E-state index contributed by atoms with van der Waals surface area (Å²) in [6.45, 7) is 4.67. The third kappa shape index (κ3) is 8.31. The number of rotatable bonds is 11. The molecule has 1 aliphatic carbocycles. The van der Waals surface area contributed by atoms with E-state index in [1.807, 2.05) is 11.1 Å². The van der Waals surface area contributed by atoms with Crippen LogP contribution in [0.4, 0.5) is 37.6 Å². The standard InChI is InChI=1S/C44H51F2N11O7/c1-52-34-23-47-43(50-37(34)56(28-5-3-4-6-28)25-44(45,46)42(52)63)48-32-10-7-27(21-35(32)64-2)38(59)51-55-16-14-26(24-55)13-15-53-17-19-54(20-18-53)29-8-9-30-31(22-29)41(62)57(40(30)61)33-11-12-36(58)49-39(33)60/h7-10,21-23,26,28,33H,3-6,11-20,24-25H2,1-2H3,(H,51,59)(H,47,48,50)(H,49,58,60). The lowest BCUT2D eigenvalue weighted by Crippen LogP contribution is -2.54. The number of carbonyl (C=O) groups is 6. The third-order valence-electron chi connectivity index (χ3n) is 13.4. The Morgan fingerprint density at radius 1 is 0.938 bits per heavy atom. The lowest BCUT2D eigenvalue weighted by molar-refractivity contribution is -0.140. The number of alkyl halides is 2. The minimum Gasteiger partial charge on any atom is -0.495 e. The first-order valence-corrected chi connectivity index (χ1v) is 21.9. The number of imide groups is 2. The Bertz CT molecular complexity index is 2390. The van der Waals surface area contributed by atoms with Crippen LogP contribution in [0.5, 0.6) is 5.75 Å². The van der Waals surface area contributed by atoms with E-state index in [9.17, 15) is 28.8 Å². The number of ether oxygens (including phenoxy) is 1. The number of nitrogens with zero attached hydrogens (tertiary/aromatic N) is 8. The number of fused-ring (bicyclic) bond motifs is 2. The first-order valence-electron chi connectivity index (χ1n) is 21.9. The van der Waals surface area contributed by atoms with Crippen LogP contribution in [0.2, 0.25) is 0 Å². The Balaban J connectivity index is 0.756. The molecule has 3 saturated heterocycles. The molecule has 1 aromatic heterocycles. The first kappa shape index (κ1) is 43.0. The Kier molecular flexibility index (Phi) is 11.7. The van der Waals surface area contributed by atoms with Crippen molar-refractivity contribution >= 4 is 64.3 Å². The number of hydrazine groups is 1. The first-order chi connectivity index (χ1) is 30.8. The van der Waals surface area contributed by atoms with Crippen LogP contribution in [0.3, 0.4) is 0 Å². The number of piperidine rings is 1. The molecule has 6 amide bonds. The van der Waals surface area contributed by atoms with Crippen molar-refractivity contribution in [3.8, 4) is 5.75 Å². The van der Waals surface area contributed by atoms with Gasteiger partial charge in [-0.1, -0.05) is 12.8 Å². The Morgan fingerprint density at radius 2 is 1.70 bits per heavy atom. The van der Waals surface area contributed by atoms with Gasteiger partial charge in [0.2, 0.25) is 17.8 Å². The molecule has 2 atom stereocenters. The fourth-order valence-electron chi connectivity index (χ4n) is 9.79. The van der Waals surface area contributed by atoms with Crippen molar-refractivity contribution in [1.29, 1.82) is 0 Å². The minimum atomic E-state index is -3.59. The van der Waals surface area contributed by atoms with Gasteiger partial charge in [-0.2, -0.15) is 13.8 Å². The maximum Gasteiger partial charge on any atom is 0.342 e. The summed E-state index contributed by atoms with van der Waals surface area (Å²) in [6, 6.07) is 8.99. The molecule has 5 aliphatic heterocycles. The quantitative estimate of drug-likeness (QED) is 0.238. The normalized spacial score (nSPS) is 23.0. The maximum atomic E-state index is 15.1. The van der Waals surface area contributed by atoms with Gasteiger partial charge in [-0.25, -0.2) is 9.99 Å². The monoisotopic (exact) mass is 883 g/mol. The number of piperazine rings is 1. The zero-order chi connectivity index (χ0) is 44.9. The van der Waals surface area contributed by atoms with Crippen LogP contribution in [-0.2, 0) is 14.4 Å². The summed E-state index contributed by atoms with van der Waals surface area (Å²) in [4.78, 5) is 93.7. The highest BCUT2D eigenvalue weighted by Gasteiger charge is 2.49. The summed E-state index contributed by atoms with van der Waals surface area (Å²) in [7, 11) is 2.79. The van der Waals surface area contributed by atoms with Crippen LogP contribution in [0, 0.1) is 5.92 Å². The Labute approximate surface area is 368 Å². The molecule has 20 heteroatoms. The molecule has 18 nitrogen and oxygen atoms in total. The highest BCUT2D eigenvalue weighted by Crippen LogP contribution is 2.40. The van der Waals surface area contributed by atoms with Crippen molar-refractivity contribution in [2.45, 2.75) is 69.4 Å². The molecule has 3 aromatic rings. The average molecular weight is 884 g/mol. The second-order valence-electron chi connectivity index (χ2n) is 17.4. The van der Waals surface area contributed by atoms with E-state index in [0.29, 0.717) is 36.0 Å². The van der Waals surface area contributed by atoms with E-state index in [0.717, 1.165) is 86.7 Å². The van der Waals surface area contributed by atoms with Crippen LogP contribution in [0.25, 0.3) is 0 Å². The lowest BCUT2D eigenvalue weighted by atomic mass is 10.0. The van der Waals surface area contributed by atoms with Gasteiger partial charge in [-0.05, 0) is 81.0 Å². The zero-order valence-electron chi connectivity index (χ0n) is 35.8. The second kappa shape index (κ2) is 17.4. The number of nitrogens with one attached hydrogen (secondary N) is 3. The highest BCUT2D eigenvalue weighted by atomic mass is 19.3. The predicted octanol–water partition coefficient (Wildman–Crippen LogP) is 3.17. The summed E-state index contributed by atoms with van der Waals surface area (Å²) in [6.07, 6.45) is 6.72. The molecule has 64 heavy (non-hydrogen) atoms. The smallest absolute Gasteiger partial charge is 0.342 e. The van der Waals surface area contributed by atoms with Crippen LogP contribution < -0.4 is 35.5 Å². The van der Waals surface area contributed by atoms with Gasteiger partial charge in [0.05, 0.1) is 36.7 Å². The fraction of sp³-hybridized carbons (Fsp3) is 0.500. The summed E-state index contributed by atoms with van der Waals surface area (Å²) in [5, 5.41) is 7.28. The predicted molar refractivity (Wildman–Crippen MR) is 230 cm³/mol. The Hall–Kier alpha value is -6.28. The van der Waals surface area contributed by atoms with Crippen molar-refractivity contribution < 1.29 is 42.3 Å². The van der Waals surface area contributed by atoms with Gasteiger partial charge in [0.1, 0.15) is 17.5 Å². The molecule has 338 valence electrons. The number of benzene rings is 2. The molecule has 6 heterocycles. The summed E-state index contributed by atoms with van der Waals surface area (Å²) in [5.41, 5.74) is 5.46. The molecule has 9 rings (SSSR count). The number of hydrogen-bond donors (Lipinski definition) is 3. The molecule has 0 spiro atoms. The number of aromatic nitrogens is 2. The van der Waals surface area contributed by atoms with Crippen molar-refractivity contribution in [2.24, 2.45) is 5.92 Å². The van der Waals surface area contributed by atoms with Gasteiger partial charge in [-0.15, -0.1) is 0 Å². The molecular formula is C44H51F2N11O7. The van der Waals surface area contributed by atoms with Crippen LogP contribution in [-0.4, -0.2) is 145 Å². The summed E-state index contributed by atoms with van der Waals surface area (Å²) in [5.74, 6) is -6.12. The number of anilines is 5. The molecular weight excluding hydrogens is 833 g/mol. The topological polar surface area (TPSA) is 193 Å². The number of halogens is 2. The average Bonchev–Trinajstić information content (AvgIpc) is 4.04. The van der Waals surface area contributed by atoms with Gasteiger partial charge in [0, 0.05) is 70.0 Å². The van der Waals surface area contributed by atoms with Crippen molar-refractivity contribution in [3.63, 3.8) is 0 Å². The molecule has 3 N–H and O–H groups in total. The Morgan fingerprint density at radius 3 is 2.45 bits per heavy atom. The zero-order valence-corrected chi connectivity index (χ0v) is 35.8. The second-order valence-corrected chi connectivity index (χ2v) is 17.4. The van der Waals surface area contributed by atoms with Gasteiger partial charge in [0.25, 0.3) is 23.6 Å². The van der Waals surface area contributed by atoms with E-state index >= 15 is 8.78 Å². The summed E-state index contributed by atoms with van der Waals surface area (Å²) < 4.78 is 35.7. The number of hydrogen-bond acceptors (Lipinski definition) is 14. The van der Waals surface area contributed by atoms with Crippen molar-refractivity contribution in [3.05, 3.63) is 59.3 Å². The van der Waals surface area contributed by atoms with Crippen molar-refractivity contribution in [1.82, 2.24) is 35.5 Å². The van der Waals surface area contributed by atoms with Gasteiger partial charge in [-0.3, -0.25) is 49.3 Å². The number of carbonyl (C=O) groups excluding carboxylic acids is 6. The molecule has 0 radical (unpaired) electrons. The lowest BCUT2D eigenvalue weighted by Gasteiger charge is -2.36. The molecule has 2 unspecified atom stereocenters.